The first-order valence-corrected chi connectivity index (χ1v) is 14.7. The summed E-state index contributed by atoms with van der Waals surface area (Å²) < 4.78 is 21.8. The number of aryl methyl sites for hydroxylation is 2. The molecule has 2 N–H and O–H groups in total. The molecule has 2 heterocycles. The molecule has 41 heavy (non-hydrogen) atoms. The third kappa shape index (κ3) is 6.26. The van der Waals surface area contributed by atoms with Crippen LogP contribution in [0.1, 0.15) is 48.6 Å². The van der Waals surface area contributed by atoms with Crippen molar-refractivity contribution in [3.05, 3.63) is 105 Å². The SMILES string of the molecule is CCCSc1nc2n(n1)C(c1ccc(OCc3c(F)cccc3Cl)cc1)C(C(=O)Nc1ccc(C)cc1C)=C(C)N2. The van der Waals surface area contributed by atoms with Crippen LogP contribution < -0.4 is 15.4 Å². The first kappa shape index (κ1) is 28.7. The zero-order chi connectivity index (χ0) is 29.1. The number of allylic oxidation sites excluding steroid dienone is 1. The molecule has 0 spiro atoms. The van der Waals surface area contributed by atoms with Gasteiger partial charge in [0.25, 0.3) is 5.91 Å². The molecule has 7 nitrogen and oxygen atoms in total. The van der Waals surface area contributed by atoms with Gasteiger partial charge in [0.1, 0.15) is 24.2 Å². The molecule has 0 aliphatic carbocycles. The van der Waals surface area contributed by atoms with E-state index in [2.05, 4.69) is 22.5 Å². The van der Waals surface area contributed by atoms with Gasteiger partial charge in [-0.25, -0.2) is 9.07 Å². The number of fused-ring (bicyclic) bond motifs is 1. The monoisotopic (exact) mass is 591 g/mol. The Labute approximate surface area is 248 Å². The second-order valence-electron chi connectivity index (χ2n) is 9.91. The number of carbonyl (C=O) groups excluding carboxylic acids is 1. The quantitative estimate of drug-likeness (QED) is 0.194. The second-order valence-corrected chi connectivity index (χ2v) is 11.4. The number of halogens is 2. The molecule has 0 saturated heterocycles. The van der Waals surface area contributed by atoms with E-state index >= 15 is 0 Å². The minimum absolute atomic E-state index is 0.00793. The number of carbonyl (C=O) groups is 1. The fraction of sp³-hybridized carbons (Fsp3) is 0.258. The Bertz CT molecular complexity index is 1600. The van der Waals surface area contributed by atoms with E-state index in [-0.39, 0.29) is 12.5 Å². The van der Waals surface area contributed by atoms with E-state index in [1.807, 2.05) is 51.1 Å². The highest BCUT2D eigenvalue weighted by molar-refractivity contribution is 7.99. The fourth-order valence-corrected chi connectivity index (χ4v) is 5.60. The molecule has 5 rings (SSSR count). The third-order valence-corrected chi connectivity index (χ3v) is 8.18. The van der Waals surface area contributed by atoms with Gasteiger partial charge in [-0.1, -0.05) is 66.2 Å². The van der Waals surface area contributed by atoms with Crippen molar-refractivity contribution in [2.45, 2.75) is 51.9 Å². The summed E-state index contributed by atoms with van der Waals surface area (Å²) >= 11 is 7.73. The van der Waals surface area contributed by atoms with Gasteiger partial charge >= 0.3 is 0 Å². The normalized spacial score (nSPS) is 14.4. The van der Waals surface area contributed by atoms with Crippen LogP contribution in [-0.2, 0) is 11.4 Å². The van der Waals surface area contributed by atoms with Crippen LogP contribution in [0.15, 0.2) is 77.1 Å². The number of anilines is 2. The summed E-state index contributed by atoms with van der Waals surface area (Å²) in [4.78, 5) is 18.5. The topological polar surface area (TPSA) is 81.1 Å². The van der Waals surface area contributed by atoms with Crippen LogP contribution in [0.25, 0.3) is 0 Å². The number of nitrogens with zero attached hydrogens (tertiary/aromatic N) is 3. The summed E-state index contributed by atoms with van der Waals surface area (Å²) in [6.45, 7) is 7.96. The first-order chi connectivity index (χ1) is 19.7. The molecule has 0 fully saturated rings. The minimum Gasteiger partial charge on any atom is -0.489 e. The highest BCUT2D eigenvalue weighted by Gasteiger charge is 2.34. The Morgan fingerprint density at radius 3 is 2.63 bits per heavy atom. The van der Waals surface area contributed by atoms with Gasteiger partial charge in [-0.3, -0.25) is 4.79 Å². The molecule has 1 aliphatic heterocycles. The van der Waals surface area contributed by atoms with Crippen molar-refractivity contribution in [1.82, 2.24) is 14.8 Å². The van der Waals surface area contributed by atoms with Crippen LogP contribution in [-0.4, -0.2) is 26.4 Å². The maximum absolute atomic E-state index is 14.2. The fourth-order valence-electron chi connectivity index (χ4n) is 4.70. The highest BCUT2D eigenvalue weighted by Crippen LogP contribution is 2.37. The molecule has 4 aromatic rings. The molecule has 1 aliphatic rings. The number of nitrogens with one attached hydrogen (secondary N) is 2. The van der Waals surface area contributed by atoms with E-state index in [4.69, 9.17) is 21.4 Å². The molecule has 1 aromatic heterocycles. The predicted molar refractivity (Wildman–Crippen MR) is 162 cm³/mol. The Morgan fingerprint density at radius 2 is 1.93 bits per heavy atom. The van der Waals surface area contributed by atoms with Gasteiger partial charge in [0.2, 0.25) is 11.1 Å². The average Bonchev–Trinajstić information content (AvgIpc) is 3.35. The Kier molecular flexibility index (Phi) is 8.65. The molecule has 3 aromatic carbocycles. The van der Waals surface area contributed by atoms with Crippen LogP contribution in [0, 0.1) is 19.7 Å². The van der Waals surface area contributed by atoms with E-state index in [1.54, 1.807) is 40.7 Å². The molecular weight excluding hydrogens is 561 g/mol. The lowest BCUT2D eigenvalue weighted by molar-refractivity contribution is -0.113. The van der Waals surface area contributed by atoms with E-state index in [1.165, 1.54) is 6.07 Å². The number of rotatable bonds is 9. The van der Waals surface area contributed by atoms with Gasteiger partial charge in [-0.2, -0.15) is 4.98 Å². The van der Waals surface area contributed by atoms with Crippen molar-refractivity contribution in [2.24, 2.45) is 0 Å². The lowest BCUT2D eigenvalue weighted by atomic mass is 9.94. The molecule has 1 atom stereocenters. The van der Waals surface area contributed by atoms with Gasteiger partial charge < -0.3 is 15.4 Å². The first-order valence-electron chi connectivity index (χ1n) is 13.4. The summed E-state index contributed by atoms with van der Waals surface area (Å²) in [5.74, 6) is 1.36. The molecule has 0 bridgehead atoms. The molecule has 1 unspecified atom stereocenters. The van der Waals surface area contributed by atoms with Crippen molar-refractivity contribution >= 4 is 40.9 Å². The highest BCUT2D eigenvalue weighted by atomic mass is 35.5. The summed E-state index contributed by atoms with van der Waals surface area (Å²) in [5, 5.41) is 12.1. The summed E-state index contributed by atoms with van der Waals surface area (Å²) in [6.07, 6.45) is 0.992. The molecule has 0 radical (unpaired) electrons. The molecule has 10 heteroatoms. The number of hydrogen-bond acceptors (Lipinski definition) is 6. The Hall–Kier alpha value is -3.82. The minimum atomic E-state index is -0.532. The van der Waals surface area contributed by atoms with Crippen molar-refractivity contribution < 1.29 is 13.9 Å². The number of amides is 1. The molecule has 1 amide bonds. The second kappa shape index (κ2) is 12.4. The smallest absolute Gasteiger partial charge is 0.255 e. The van der Waals surface area contributed by atoms with Crippen molar-refractivity contribution in [2.75, 3.05) is 16.4 Å². The van der Waals surface area contributed by atoms with E-state index in [9.17, 15) is 9.18 Å². The van der Waals surface area contributed by atoms with Gasteiger partial charge in [0, 0.05) is 22.7 Å². The lowest BCUT2D eigenvalue weighted by Crippen LogP contribution is -2.31. The Morgan fingerprint density at radius 1 is 1.15 bits per heavy atom. The molecular formula is C31H31ClFN5O2S. The summed E-state index contributed by atoms with van der Waals surface area (Å²) in [5.41, 5.74) is 5.19. The third-order valence-electron chi connectivity index (χ3n) is 6.78. The number of ether oxygens (including phenoxy) is 1. The summed E-state index contributed by atoms with van der Waals surface area (Å²) in [7, 11) is 0. The van der Waals surface area contributed by atoms with Crippen LogP contribution in [0.2, 0.25) is 5.02 Å². The zero-order valence-corrected chi connectivity index (χ0v) is 24.9. The van der Waals surface area contributed by atoms with Crippen LogP contribution in [0.4, 0.5) is 16.0 Å². The van der Waals surface area contributed by atoms with E-state index in [0.717, 1.165) is 34.6 Å². The van der Waals surface area contributed by atoms with Crippen molar-refractivity contribution in [1.29, 1.82) is 0 Å². The average molecular weight is 592 g/mol. The van der Waals surface area contributed by atoms with Crippen molar-refractivity contribution in [3.63, 3.8) is 0 Å². The van der Waals surface area contributed by atoms with Gasteiger partial charge in [0.05, 0.1) is 10.6 Å². The maximum atomic E-state index is 14.2. The largest absolute Gasteiger partial charge is 0.489 e. The predicted octanol–water partition coefficient (Wildman–Crippen LogP) is 7.70. The maximum Gasteiger partial charge on any atom is 0.255 e. The number of aromatic nitrogens is 3. The van der Waals surface area contributed by atoms with Crippen molar-refractivity contribution in [3.8, 4) is 5.75 Å². The van der Waals surface area contributed by atoms with E-state index < -0.39 is 11.9 Å². The van der Waals surface area contributed by atoms with Crippen LogP contribution >= 0.6 is 23.4 Å². The molecule has 212 valence electrons. The number of benzene rings is 3. The zero-order valence-electron chi connectivity index (χ0n) is 23.3. The van der Waals surface area contributed by atoms with Crippen LogP contribution in [0.5, 0.6) is 5.75 Å². The standard InChI is InChI=1S/C31H31ClFN5O2S/c1-5-15-41-31-36-30-34-20(4)27(29(39)35-26-14-9-18(2)16-19(26)3)28(38(30)37-31)21-10-12-22(13-11-21)40-17-23-24(32)7-6-8-25(23)33/h6-14,16,28H,5,15,17H2,1-4H3,(H,35,39)(H,34,36,37). The van der Waals surface area contributed by atoms with Gasteiger partial charge in [-0.15, -0.1) is 5.10 Å². The van der Waals surface area contributed by atoms with E-state index in [0.29, 0.717) is 38.7 Å². The summed E-state index contributed by atoms with van der Waals surface area (Å²) in [6, 6.07) is 17.3. The number of thioether (sulfide) groups is 1. The van der Waals surface area contributed by atoms with Gasteiger partial charge in [-0.05, 0) is 68.7 Å². The Balaban J connectivity index is 1.46. The number of hydrogen-bond donors (Lipinski definition) is 2. The lowest BCUT2D eigenvalue weighted by Gasteiger charge is -2.29. The van der Waals surface area contributed by atoms with Gasteiger partial charge in [0.15, 0.2) is 0 Å². The molecule has 0 saturated carbocycles. The van der Waals surface area contributed by atoms with Crippen LogP contribution in [0.3, 0.4) is 0 Å².